The van der Waals surface area contributed by atoms with Gasteiger partial charge < -0.3 is 14.0 Å². The average molecular weight is 411 g/mol. The number of rotatable bonds is 5. The first-order chi connectivity index (χ1) is 12.5. The Labute approximate surface area is 162 Å². The Morgan fingerprint density at radius 1 is 1.23 bits per heavy atom. The summed E-state index contributed by atoms with van der Waals surface area (Å²) >= 11 is 8.35. The van der Waals surface area contributed by atoms with Gasteiger partial charge in [0.2, 0.25) is 0 Å². The third-order valence-electron chi connectivity index (χ3n) is 3.46. The molecule has 9 heteroatoms. The molecule has 0 bridgehead atoms. The van der Waals surface area contributed by atoms with E-state index < -0.39 is 11.9 Å². The predicted molar refractivity (Wildman–Crippen MR) is 102 cm³/mol. The lowest BCUT2D eigenvalue weighted by Gasteiger charge is -2.05. The number of halogens is 1. The van der Waals surface area contributed by atoms with Gasteiger partial charge in [-0.2, -0.15) is 4.99 Å². The van der Waals surface area contributed by atoms with E-state index in [0.717, 1.165) is 27.3 Å². The second-order valence-electron chi connectivity index (χ2n) is 5.13. The number of fused-ring (bicyclic) bond motifs is 1. The molecule has 26 heavy (non-hydrogen) atoms. The van der Waals surface area contributed by atoms with Crippen molar-refractivity contribution in [2.45, 2.75) is 13.5 Å². The first-order valence-corrected chi connectivity index (χ1v) is 9.70. The molecule has 0 saturated heterocycles. The summed E-state index contributed by atoms with van der Waals surface area (Å²) in [7, 11) is 1.32. The fourth-order valence-corrected chi connectivity index (χ4v) is 4.30. The fraction of sp³-hybridized carbons (Fsp3) is 0.235. The minimum Gasteiger partial charge on any atom is -0.494 e. The zero-order valence-electron chi connectivity index (χ0n) is 14.0. The molecule has 1 aromatic carbocycles. The van der Waals surface area contributed by atoms with Crippen LogP contribution < -0.4 is 9.54 Å². The summed E-state index contributed by atoms with van der Waals surface area (Å²) < 4.78 is 13.3. The molecule has 3 rings (SSSR count). The zero-order valence-corrected chi connectivity index (χ0v) is 16.4. The van der Waals surface area contributed by atoms with Gasteiger partial charge in [0.05, 0.1) is 33.1 Å². The van der Waals surface area contributed by atoms with Gasteiger partial charge >= 0.3 is 5.97 Å². The van der Waals surface area contributed by atoms with E-state index >= 15 is 0 Å². The highest BCUT2D eigenvalue weighted by Crippen LogP contribution is 2.25. The number of hydrogen-bond donors (Lipinski definition) is 0. The van der Waals surface area contributed by atoms with Crippen LogP contribution >= 0.6 is 34.3 Å². The van der Waals surface area contributed by atoms with Crippen molar-refractivity contribution in [2.75, 3.05) is 13.7 Å². The molecule has 3 aromatic rings. The highest BCUT2D eigenvalue weighted by molar-refractivity contribution is 7.18. The van der Waals surface area contributed by atoms with Crippen LogP contribution in [0.2, 0.25) is 4.34 Å². The second kappa shape index (κ2) is 8.03. The van der Waals surface area contributed by atoms with Gasteiger partial charge in [0, 0.05) is 0 Å². The van der Waals surface area contributed by atoms with E-state index in [1.165, 1.54) is 18.4 Å². The summed E-state index contributed by atoms with van der Waals surface area (Å²) in [6, 6.07) is 8.80. The SMILES string of the molecule is CCOc1ccc2c(c1)sc(=NC(=O)c1ccc(Cl)s1)n2CC(=O)OC. The summed E-state index contributed by atoms with van der Waals surface area (Å²) in [5, 5.41) is 0. The molecule has 0 spiro atoms. The van der Waals surface area contributed by atoms with E-state index in [-0.39, 0.29) is 6.54 Å². The number of ether oxygens (including phenoxy) is 2. The monoisotopic (exact) mass is 410 g/mol. The molecule has 0 fully saturated rings. The minimum absolute atomic E-state index is 0.0399. The highest BCUT2D eigenvalue weighted by atomic mass is 35.5. The molecular weight excluding hydrogens is 396 g/mol. The van der Waals surface area contributed by atoms with Gasteiger partial charge in [0.25, 0.3) is 5.91 Å². The Hall–Kier alpha value is -2.16. The Balaban J connectivity index is 2.12. The van der Waals surface area contributed by atoms with E-state index in [4.69, 9.17) is 21.1 Å². The van der Waals surface area contributed by atoms with Crippen LogP contribution in [0.5, 0.6) is 5.75 Å². The number of methoxy groups -OCH3 is 1. The van der Waals surface area contributed by atoms with E-state index in [1.54, 1.807) is 16.7 Å². The van der Waals surface area contributed by atoms with Crippen LogP contribution in [0.3, 0.4) is 0 Å². The minimum atomic E-state index is -0.424. The van der Waals surface area contributed by atoms with Gasteiger partial charge in [-0.25, -0.2) is 0 Å². The van der Waals surface area contributed by atoms with E-state index in [9.17, 15) is 9.59 Å². The number of amides is 1. The van der Waals surface area contributed by atoms with Gasteiger partial charge in [-0.15, -0.1) is 11.3 Å². The molecular formula is C17H15ClN2O4S2. The molecule has 6 nitrogen and oxygen atoms in total. The number of nitrogens with zero attached hydrogens (tertiary/aromatic N) is 2. The third kappa shape index (κ3) is 3.98. The first kappa shape index (κ1) is 18.6. The lowest BCUT2D eigenvalue weighted by atomic mass is 10.3. The smallest absolute Gasteiger partial charge is 0.325 e. The van der Waals surface area contributed by atoms with Crippen molar-refractivity contribution in [3.05, 3.63) is 44.3 Å². The van der Waals surface area contributed by atoms with Crippen molar-refractivity contribution >= 4 is 56.4 Å². The van der Waals surface area contributed by atoms with Crippen LogP contribution in [0.1, 0.15) is 16.6 Å². The number of thiazole rings is 1. The molecule has 136 valence electrons. The molecule has 0 atom stereocenters. The van der Waals surface area contributed by atoms with E-state index in [1.807, 2.05) is 25.1 Å². The van der Waals surface area contributed by atoms with Gasteiger partial charge in [-0.3, -0.25) is 9.59 Å². The van der Waals surface area contributed by atoms with Crippen LogP contribution in [0.15, 0.2) is 35.3 Å². The Bertz CT molecular complexity index is 1030. The molecule has 0 N–H and O–H groups in total. The largest absolute Gasteiger partial charge is 0.494 e. The maximum atomic E-state index is 12.4. The Morgan fingerprint density at radius 3 is 2.69 bits per heavy atom. The van der Waals surface area contributed by atoms with Crippen molar-refractivity contribution in [2.24, 2.45) is 4.99 Å². The van der Waals surface area contributed by atoms with Gasteiger partial charge in [0.15, 0.2) is 4.80 Å². The zero-order chi connectivity index (χ0) is 18.7. The van der Waals surface area contributed by atoms with Crippen LogP contribution in [-0.2, 0) is 16.1 Å². The maximum absolute atomic E-state index is 12.4. The number of esters is 1. The highest BCUT2D eigenvalue weighted by Gasteiger charge is 2.14. The summed E-state index contributed by atoms with van der Waals surface area (Å²) in [6.45, 7) is 2.41. The number of carbonyl (C=O) groups is 2. The number of benzene rings is 1. The summed E-state index contributed by atoms with van der Waals surface area (Å²) in [6.07, 6.45) is 0. The molecule has 0 aliphatic heterocycles. The van der Waals surface area contributed by atoms with Crippen LogP contribution in [0.4, 0.5) is 0 Å². The molecule has 2 aromatic heterocycles. The third-order valence-corrected chi connectivity index (χ3v) is 5.72. The van der Waals surface area contributed by atoms with Gasteiger partial charge in [-0.05, 0) is 37.3 Å². The molecule has 0 aliphatic carbocycles. The first-order valence-electron chi connectivity index (χ1n) is 7.69. The average Bonchev–Trinajstić information content (AvgIpc) is 3.19. The number of aromatic nitrogens is 1. The van der Waals surface area contributed by atoms with E-state index in [0.29, 0.717) is 20.6 Å². The second-order valence-corrected chi connectivity index (χ2v) is 7.85. The normalized spacial score (nSPS) is 11.7. The fourth-order valence-electron chi connectivity index (χ4n) is 2.31. The van der Waals surface area contributed by atoms with Crippen molar-refractivity contribution in [1.29, 1.82) is 0 Å². The summed E-state index contributed by atoms with van der Waals surface area (Å²) in [5.74, 6) is -0.113. The van der Waals surface area contributed by atoms with Crippen LogP contribution in [-0.4, -0.2) is 30.2 Å². The van der Waals surface area contributed by atoms with Crippen LogP contribution in [0.25, 0.3) is 10.2 Å². The quantitative estimate of drug-likeness (QED) is 0.601. The molecule has 2 heterocycles. The molecule has 1 amide bonds. The lowest BCUT2D eigenvalue weighted by Crippen LogP contribution is -2.22. The van der Waals surface area contributed by atoms with Gasteiger partial charge in [0.1, 0.15) is 12.3 Å². The number of thiophene rings is 1. The summed E-state index contributed by atoms with van der Waals surface area (Å²) in [4.78, 5) is 29.3. The van der Waals surface area contributed by atoms with Gasteiger partial charge in [-0.1, -0.05) is 22.9 Å². The lowest BCUT2D eigenvalue weighted by molar-refractivity contribution is -0.141. The van der Waals surface area contributed by atoms with Crippen molar-refractivity contribution in [1.82, 2.24) is 4.57 Å². The summed E-state index contributed by atoms with van der Waals surface area (Å²) in [5.41, 5.74) is 0.777. The maximum Gasteiger partial charge on any atom is 0.325 e. The van der Waals surface area contributed by atoms with Crippen LogP contribution in [0, 0.1) is 0 Å². The standard InChI is InChI=1S/C17H15ClN2O4S2/c1-3-24-10-4-5-11-13(8-10)26-17(20(11)9-15(21)23-2)19-16(22)12-6-7-14(18)25-12/h4-8H,3,9H2,1-2H3. The van der Waals surface area contributed by atoms with Crippen molar-refractivity contribution in [3.63, 3.8) is 0 Å². The molecule has 0 unspecified atom stereocenters. The molecule has 0 aliphatic rings. The molecule has 0 radical (unpaired) electrons. The predicted octanol–water partition coefficient (Wildman–Crippen LogP) is 3.73. The van der Waals surface area contributed by atoms with Crippen molar-refractivity contribution < 1.29 is 19.1 Å². The Kier molecular flexibility index (Phi) is 5.75. The molecule has 0 saturated carbocycles. The number of carbonyl (C=O) groups excluding carboxylic acids is 2. The topological polar surface area (TPSA) is 69.9 Å². The Morgan fingerprint density at radius 2 is 2.04 bits per heavy atom. The van der Waals surface area contributed by atoms with Crippen molar-refractivity contribution in [3.8, 4) is 5.75 Å². The van der Waals surface area contributed by atoms with E-state index in [2.05, 4.69) is 4.99 Å². The number of hydrogen-bond acceptors (Lipinski definition) is 6.